The van der Waals surface area contributed by atoms with Gasteiger partial charge in [0.2, 0.25) is 11.8 Å². The normalized spacial score (nSPS) is 11.1. The molecule has 0 unspecified atom stereocenters. The van der Waals surface area contributed by atoms with Gasteiger partial charge in [0.1, 0.15) is 11.4 Å². The zero-order chi connectivity index (χ0) is 27.8. The summed E-state index contributed by atoms with van der Waals surface area (Å²) in [4.78, 5) is 32.7. The van der Waals surface area contributed by atoms with Gasteiger partial charge in [-0.25, -0.2) is 19.9 Å². The van der Waals surface area contributed by atoms with Crippen molar-refractivity contribution in [1.29, 1.82) is 0 Å². The molecule has 13 heteroatoms. The minimum Gasteiger partial charge on any atom is -0.481 e. The largest absolute Gasteiger partial charge is 0.481 e. The third-order valence-electron chi connectivity index (χ3n) is 5.90. The molecule has 0 atom stereocenters. The molecule has 0 amide bonds. The standard InChI is InChI=1S/C27H20N6O5S2/c1-35-24-15(22-19(32-26(28)39-22)17-5-3-7-37-17)9-13(11-30-24)21(34)14-10-16(25(36-2)31-12-14)23-20(33-27(29)40-23)18-6-4-8-38-18/h3-12H,1-2H3,(H2,28,32)(H2,29,33). The molecule has 0 fully saturated rings. The Morgan fingerprint density at radius 3 is 1.60 bits per heavy atom. The number of pyridine rings is 2. The van der Waals surface area contributed by atoms with Crippen LogP contribution in [0.2, 0.25) is 0 Å². The second kappa shape index (κ2) is 10.3. The summed E-state index contributed by atoms with van der Waals surface area (Å²) in [5.41, 5.74) is 14.9. The highest BCUT2D eigenvalue weighted by molar-refractivity contribution is 7.19. The predicted molar refractivity (Wildman–Crippen MR) is 151 cm³/mol. The van der Waals surface area contributed by atoms with Gasteiger partial charge in [-0.1, -0.05) is 22.7 Å². The van der Waals surface area contributed by atoms with E-state index in [4.69, 9.17) is 29.8 Å². The molecule has 6 rings (SSSR count). The van der Waals surface area contributed by atoms with Crippen molar-refractivity contribution in [2.24, 2.45) is 0 Å². The summed E-state index contributed by atoms with van der Waals surface area (Å²) in [6.07, 6.45) is 5.99. The van der Waals surface area contributed by atoms with Crippen LogP contribution in [-0.4, -0.2) is 39.9 Å². The number of hydrogen-bond acceptors (Lipinski definition) is 13. The summed E-state index contributed by atoms with van der Waals surface area (Å²) in [6, 6.07) is 10.5. The van der Waals surface area contributed by atoms with Gasteiger partial charge < -0.3 is 29.8 Å². The fourth-order valence-electron chi connectivity index (χ4n) is 4.17. The number of carbonyl (C=O) groups is 1. The summed E-state index contributed by atoms with van der Waals surface area (Å²) < 4.78 is 22.1. The number of methoxy groups -OCH3 is 2. The highest BCUT2D eigenvalue weighted by Crippen LogP contribution is 2.43. The molecule has 0 aliphatic rings. The van der Waals surface area contributed by atoms with Crippen LogP contribution >= 0.6 is 22.7 Å². The maximum Gasteiger partial charge on any atom is 0.221 e. The van der Waals surface area contributed by atoms with Gasteiger partial charge in [-0.15, -0.1) is 0 Å². The van der Waals surface area contributed by atoms with Crippen LogP contribution < -0.4 is 20.9 Å². The molecule has 0 aliphatic heterocycles. The highest BCUT2D eigenvalue weighted by atomic mass is 32.1. The Balaban J connectivity index is 1.44. The zero-order valence-corrected chi connectivity index (χ0v) is 22.7. The number of nitrogens with zero attached hydrogens (tertiary/aromatic N) is 4. The molecule has 0 radical (unpaired) electrons. The summed E-state index contributed by atoms with van der Waals surface area (Å²) >= 11 is 2.48. The molecule has 11 nitrogen and oxygen atoms in total. The molecule has 0 aromatic carbocycles. The average Bonchev–Trinajstić information content (AvgIpc) is 3.79. The Morgan fingerprint density at radius 1 is 0.775 bits per heavy atom. The number of ether oxygens (including phenoxy) is 2. The number of anilines is 2. The first-order valence-corrected chi connectivity index (χ1v) is 13.3. The molecule has 0 bridgehead atoms. The Bertz CT molecular complexity index is 1690. The molecule has 0 saturated carbocycles. The van der Waals surface area contributed by atoms with Gasteiger partial charge >= 0.3 is 0 Å². The van der Waals surface area contributed by atoms with Crippen LogP contribution in [-0.2, 0) is 0 Å². The van der Waals surface area contributed by atoms with Gasteiger partial charge in [0.05, 0.1) is 47.6 Å². The Kier molecular flexibility index (Phi) is 6.50. The molecular formula is C27H20N6O5S2. The maximum absolute atomic E-state index is 13.8. The molecule has 0 aliphatic carbocycles. The first-order valence-electron chi connectivity index (χ1n) is 11.7. The van der Waals surface area contributed by atoms with Gasteiger partial charge in [0.25, 0.3) is 0 Å². The quantitative estimate of drug-likeness (QED) is 0.216. The predicted octanol–water partition coefficient (Wildman–Crippen LogP) is 5.66. The van der Waals surface area contributed by atoms with E-state index in [0.29, 0.717) is 76.9 Å². The van der Waals surface area contributed by atoms with E-state index >= 15 is 0 Å². The van der Waals surface area contributed by atoms with Crippen molar-refractivity contribution in [3.05, 3.63) is 72.4 Å². The topological polar surface area (TPSA) is 165 Å². The maximum atomic E-state index is 13.8. The van der Waals surface area contributed by atoms with Crippen LogP contribution in [0.5, 0.6) is 11.8 Å². The number of hydrogen-bond donors (Lipinski definition) is 2. The van der Waals surface area contributed by atoms with Crippen molar-refractivity contribution in [1.82, 2.24) is 19.9 Å². The van der Waals surface area contributed by atoms with E-state index in [0.717, 1.165) is 0 Å². The number of nitrogen functional groups attached to an aromatic ring is 2. The fraction of sp³-hybridized carbons (Fsp3) is 0.0741. The molecule has 4 N–H and O–H groups in total. The van der Waals surface area contributed by atoms with Gasteiger partial charge in [-0.05, 0) is 36.4 Å². The minimum absolute atomic E-state index is 0.307. The average molecular weight is 573 g/mol. The SMILES string of the molecule is COc1ncc(C(=O)c2cnc(OC)c(-c3sc(N)nc3-c3ccco3)c2)cc1-c1sc(N)nc1-c1ccco1. The number of furan rings is 2. The van der Waals surface area contributed by atoms with Crippen LogP contribution in [0.1, 0.15) is 15.9 Å². The van der Waals surface area contributed by atoms with Crippen molar-refractivity contribution in [3.8, 4) is 55.5 Å². The number of rotatable bonds is 8. The van der Waals surface area contributed by atoms with E-state index in [2.05, 4.69) is 19.9 Å². The van der Waals surface area contributed by atoms with Crippen molar-refractivity contribution in [2.75, 3.05) is 25.7 Å². The number of thiazole rings is 2. The van der Waals surface area contributed by atoms with E-state index < -0.39 is 0 Å². The van der Waals surface area contributed by atoms with Crippen LogP contribution in [0, 0.1) is 0 Å². The zero-order valence-electron chi connectivity index (χ0n) is 21.1. The third-order valence-corrected chi connectivity index (χ3v) is 7.73. The van der Waals surface area contributed by atoms with E-state index in [-0.39, 0.29) is 5.78 Å². The first-order chi connectivity index (χ1) is 19.5. The lowest BCUT2D eigenvalue weighted by Crippen LogP contribution is -2.05. The van der Waals surface area contributed by atoms with Crippen LogP contribution in [0.3, 0.4) is 0 Å². The molecule has 40 heavy (non-hydrogen) atoms. The van der Waals surface area contributed by atoms with Crippen molar-refractivity contribution < 1.29 is 23.1 Å². The minimum atomic E-state index is -0.318. The van der Waals surface area contributed by atoms with Crippen LogP contribution in [0.4, 0.5) is 10.3 Å². The molecule has 200 valence electrons. The lowest BCUT2D eigenvalue weighted by molar-refractivity contribution is 0.103. The van der Waals surface area contributed by atoms with Gasteiger partial charge in [0, 0.05) is 23.5 Å². The summed E-state index contributed by atoms with van der Waals surface area (Å²) in [5.74, 6) is 1.36. The van der Waals surface area contributed by atoms with Crippen molar-refractivity contribution in [3.63, 3.8) is 0 Å². The monoisotopic (exact) mass is 572 g/mol. The fourth-order valence-corrected chi connectivity index (χ4v) is 5.86. The van der Waals surface area contributed by atoms with E-state index in [1.807, 2.05) is 0 Å². The Labute approximate surface area is 235 Å². The van der Waals surface area contributed by atoms with Crippen LogP contribution in [0.25, 0.3) is 43.8 Å². The van der Waals surface area contributed by atoms with Crippen molar-refractivity contribution >= 4 is 38.7 Å². The number of ketones is 1. The van der Waals surface area contributed by atoms with E-state index in [1.165, 1.54) is 49.3 Å². The van der Waals surface area contributed by atoms with Gasteiger partial charge in [-0.3, -0.25) is 4.79 Å². The number of aromatic nitrogens is 4. The van der Waals surface area contributed by atoms with Crippen LogP contribution in [0.15, 0.2) is 70.2 Å². The first kappa shape index (κ1) is 25.3. The van der Waals surface area contributed by atoms with Gasteiger partial charge in [0.15, 0.2) is 27.6 Å². The van der Waals surface area contributed by atoms with E-state index in [9.17, 15) is 4.79 Å². The molecule has 6 aromatic rings. The lowest BCUT2D eigenvalue weighted by atomic mass is 10.0. The highest BCUT2D eigenvalue weighted by Gasteiger charge is 2.24. The van der Waals surface area contributed by atoms with Crippen molar-refractivity contribution in [2.45, 2.75) is 0 Å². The third kappa shape index (κ3) is 4.46. The molecule has 6 heterocycles. The molecule has 6 aromatic heterocycles. The molecule has 0 spiro atoms. The Hall–Kier alpha value is -5.01. The second-order valence-corrected chi connectivity index (χ2v) is 10.4. The van der Waals surface area contributed by atoms with Gasteiger partial charge in [-0.2, -0.15) is 0 Å². The lowest BCUT2D eigenvalue weighted by Gasteiger charge is -2.11. The number of nitrogens with two attached hydrogens (primary N) is 2. The second-order valence-electron chi connectivity index (χ2n) is 8.31. The summed E-state index contributed by atoms with van der Waals surface area (Å²) in [6.45, 7) is 0. The number of carbonyl (C=O) groups excluding carboxylic acids is 1. The van der Waals surface area contributed by atoms with E-state index in [1.54, 1.807) is 48.9 Å². The smallest absolute Gasteiger partial charge is 0.221 e. The summed E-state index contributed by atoms with van der Waals surface area (Å²) in [5, 5.41) is 0.667. The summed E-state index contributed by atoms with van der Waals surface area (Å²) in [7, 11) is 3.00. The molecule has 0 saturated heterocycles. The Morgan fingerprint density at radius 2 is 1.23 bits per heavy atom. The molecular weight excluding hydrogens is 552 g/mol.